The van der Waals surface area contributed by atoms with E-state index in [1.54, 1.807) is 30.0 Å². The van der Waals surface area contributed by atoms with Gasteiger partial charge in [-0.1, -0.05) is 42.5 Å². The predicted octanol–water partition coefficient (Wildman–Crippen LogP) is 4.72. The second kappa shape index (κ2) is 9.56. The number of ether oxygens (including phenoxy) is 2. The molecule has 1 heterocycles. The molecule has 32 heavy (non-hydrogen) atoms. The highest BCUT2D eigenvalue weighted by molar-refractivity contribution is 6.01. The van der Waals surface area contributed by atoms with Crippen molar-refractivity contribution in [3.05, 3.63) is 83.9 Å². The van der Waals surface area contributed by atoms with E-state index < -0.39 is 6.10 Å². The average molecular weight is 431 g/mol. The van der Waals surface area contributed by atoms with E-state index in [2.05, 4.69) is 5.32 Å². The molecule has 4 rings (SSSR count). The van der Waals surface area contributed by atoms with Gasteiger partial charge in [-0.2, -0.15) is 0 Å². The molecule has 0 bridgehead atoms. The van der Waals surface area contributed by atoms with E-state index in [0.29, 0.717) is 23.7 Å². The Balaban J connectivity index is 1.46. The number of hydrogen-bond donors (Lipinski definition) is 1. The summed E-state index contributed by atoms with van der Waals surface area (Å²) in [5, 5.41) is 2.89. The minimum absolute atomic E-state index is 0.111. The van der Waals surface area contributed by atoms with Crippen LogP contribution in [0.15, 0.2) is 72.8 Å². The van der Waals surface area contributed by atoms with Crippen molar-refractivity contribution in [2.45, 2.75) is 32.9 Å². The van der Waals surface area contributed by atoms with Gasteiger partial charge in [0.2, 0.25) is 5.91 Å². The maximum Gasteiger partial charge on any atom is 0.268 e. The molecule has 6 nitrogen and oxygen atoms in total. The lowest BCUT2D eigenvalue weighted by atomic mass is 10.1. The third-order valence-corrected chi connectivity index (χ3v) is 5.38. The van der Waals surface area contributed by atoms with Crippen LogP contribution in [0.1, 0.15) is 24.5 Å². The Morgan fingerprint density at radius 3 is 2.59 bits per heavy atom. The third-order valence-electron chi connectivity index (χ3n) is 5.38. The van der Waals surface area contributed by atoms with Crippen molar-refractivity contribution in [3.8, 4) is 11.5 Å². The van der Waals surface area contributed by atoms with Gasteiger partial charge >= 0.3 is 0 Å². The lowest BCUT2D eigenvalue weighted by molar-refractivity contribution is -0.125. The van der Waals surface area contributed by atoms with Gasteiger partial charge in [0.1, 0.15) is 11.5 Å². The number of carbonyl (C=O) groups excluding carboxylic acids is 2. The second-order valence-corrected chi connectivity index (χ2v) is 7.75. The Morgan fingerprint density at radius 1 is 1.06 bits per heavy atom. The summed E-state index contributed by atoms with van der Waals surface area (Å²) in [6.45, 7) is 4.49. The largest absolute Gasteiger partial charge is 0.493 e. The van der Waals surface area contributed by atoms with Gasteiger partial charge in [-0.3, -0.25) is 9.59 Å². The number of para-hydroxylation sites is 1. The molecular weight excluding hydrogens is 404 g/mol. The maximum atomic E-state index is 12.9. The number of nitrogens with zero attached hydrogens (tertiary/aromatic N) is 1. The molecule has 164 valence electrons. The zero-order valence-electron chi connectivity index (χ0n) is 18.2. The first-order valence-corrected chi connectivity index (χ1v) is 10.7. The number of carbonyl (C=O) groups is 2. The molecule has 0 saturated heterocycles. The minimum Gasteiger partial charge on any atom is -0.493 e. The Morgan fingerprint density at radius 2 is 1.81 bits per heavy atom. The number of fused-ring (bicyclic) bond motifs is 1. The highest BCUT2D eigenvalue weighted by Gasteiger charge is 2.32. The first-order valence-electron chi connectivity index (χ1n) is 10.7. The monoisotopic (exact) mass is 430 g/mol. The average Bonchev–Trinajstić information content (AvgIpc) is 2.79. The molecule has 3 aromatic rings. The lowest BCUT2D eigenvalue weighted by Crippen LogP contribution is -2.44. The Labute approximate surface area is 187 Å². The van der Waals surface area contributed by atoms with Crippen molar-refractivity contribution in [1.29, 1.82) is 0 Å². The molecule has 2 amide bonds. The van der Waals surface area contributed by atoms with E-state index in [1.807, 2.05) is 61.5 Å². The summed E-state index contributed by atoms with van der Waals surface area (Å²) in [6.07, 6.45) is -0.354. The van der Waals surface area contributed by atoms with E-state index in [0.717, 1.165) is 16.9 Å². The van der Waals surface area contributed by atoms with Crippen LogP contribution in [0.4, 0.5) is 11.4 Å². The van der Waals surface area contributed by atoms with E-state index in [4.69, 9.17) is 9.47 Å². The first kappa shape index (κ1) is 21.4. The molecule has 3 aromatic carbocycles. The fourth-order valence-corrected chi connectivity index (χ4v) is 3.61. The molecule has 1 unspecified atom stereocenters. The molecule has 1 N–H and O–H groups in total. The summed E-state index contributed by atoms with van der Waals surface area (Å²) in [5.74, 6) is 1.07. The molecular formula is C26H26N2O4. The van der Waals surface area contributed by atoms with Gasteiger partial charge in [-0.05, 0) is 55.3 Å². The van der Waals surface area contributed by atoms with Crippen LogP contribution in [0, 0.1) is 6.92 Å². The first-order chi connectivity index (χ1) is 15.5. The van der Waals surface area contributed by atoms with Gasteiger partial charge in [0, 0.05) is 5.69 Å². The van der Waals surface area contributed by atoms with Gasteiger partial charge in [0.25, 0.3) is 5.91 Å². The van der Waals surface area contributed by atoms with Gasteiger partial charge < -0.3 is 19.7 Å². The highest BCUT2D eigenvalue weighted by Crippen LogP contribution is 2.37. The molecule has 1 atom stereocenters. The fourth-order valence-electron chi connectivity index (χ4n) is 3.61. The van der Waals surface area contributed by atoms with Crippen LogP contribution >= 0.6 is 0 Å². The van der Waals surface area contributed by atoms with Crippen LogP contribution in [-0.2, 0) is 16.1 Å². The van der Waals surface area contributed by atoms with E-state index in [-0.39, 0.29) is 24.8 Å². The van der Waals surface area contributed by atoms with Crippen molar-refractivity contribution in [2.75, 3.05) is 16.8 Å². The van der Waals surface area contributed by atoms with Crippen LogP contribution in [0.25, 0.3) is 0 Å². The number of nitrogens with one attached hydrogen (secondary N) is 1. The van der Waals surface area contributed by atoms with Crippen LogP contribution in [0.3, 0.4) is 0 Å². The van der Waals surface area contributed by atoms with Crippen LogP contribution in [0.5, 0.6) is 11.5 Å². The molecule has 1 aliphatic heterocycles. The van der Waals surface area contributed by atoms with Gasteiger partial charge in [0.05, 0.1) is 25.3 Å². The minimum atomic E-state index is -0.568. The van der Waals surface area contributed by atoms with Gasteiger partial charge in [0.15, 0.2) is 6.10 Å². The molecule has 0 fully saturated rings. The topological polar surface area (TPSA) is 67.9 Å². The second-order valence-electron chi connectivity index (χ2n) is 7.75. The fraction of sp³-hybridized carbons (Fsp3) is 0.231. The third kappa shape index (κ3) is 4.91. The summed E-state index contributed by atoms with van der Waals surface area (Å²) in [4.78, 5) is 27.0. The molecule has 1 aliphatic rings. The van der Waals surface area contributed by atoms with Crippen LogP contribution < -0.4 is 19.7 Å². The summed E-state index contributed by atoms with van der Waals surface area (Å²) in [5.41, 5.74) is 3.43. The lowest BCUT2D eigenvalue weighted by Gasteiger charge is -2.33. The molecule has 6 heteroatoms. The number of benzene rings is 3. The smallest absolute Gasteiger partial charge is 0.268 e. The zero-order valence-corrected chi connectivity index (χ0v) is 18.2. The van der Waals surface area contributed by atoms with E-state index in [1.165, 1.54) is 0 Å². The van der Waals surface area contributed by atoms with Crippen molar-refractivity contribution in [2.24, 2.45) is 0 Å². The number of hydrogen-bond acceptors (Lipinski definition) is 4. The van der Waals surface area contributed by atoms with Crippen LogP contribution in [0.2, 0.25) is 0 Å². The zero-order chi connectivity index (χ0) is 22.5. The summed E-state index contributed by atoms with van der Waals surface area (Å²) in [6, 6.07) is 22.7. The molecule has 0 saturated carbocycles. The quantitative estimate of drug-likeness (QED) is 0.589. The Hall–Kier alpha value is -3.80. The number of rotatable bonds is 7. The Bertz CT molecular complexity index is 1110. The van der Waals surface area contributed by atoms with Crippen molar-refractivity contribution in [3.63, 3.8) is 0 Å². The SMILES string of the molecule is Cc1ccccc1CN1C(=O)C(C)Oc2ccc(NC(=O)CCOc3ccccc3)cc21. The van der Waals surface area contributed by atoms with E-state index >= 15 is 0 Å². The maximum absolute atomic E-state index is 12.9. The van der Waals surface area contributed by atoms with Crippen LogP contribution in [-0.4, -0.2) is 24.5 Å². The highest BCUT2D eigenvalue weighted by atomic mass is 16.5. The van der Waals surface area contributed by atoms with Crippen molar-refractivity contribution in [1.82, 2.24) is 0 Å². The predicted molar refractivity (Wildman–Crippen MR) is 124 cm³/mol. The summed E-state index contributed by atoms with van der Waals surface area (Å²) >= 11 is 0. The number of amides is 2. The van der Waals surface area contributed by atoms with Crippen molar-refractivity contribution < 1.29 is 19.1 Å². The summed E-state index contributed by atoms with van der Waals surface area (Å²) < 4.78 is 11.4. The molecule has 0 aliphatic carbocycles. The number of anilines is 2. The molecule has 0 aromatic heterocycles. The summed E-state index contributed by atoms with van der Waals surface area (Å²) in [7, 11) is 0. The van der Waals surface area contributed by atoms with Gasteiger partial charge in [-0.15, -0.1) is 0 Å². The number of aryl methyl sites for hydroxylation is 1. The molecule has 0 radical (unpaired) electrons. The normalized spacial score (nSPS) is 15.0. The van der Waals surface area contributed by atoms with E-state index in [9.17, 15) is 9.59 Å². The molecule has 0 spiro atoms. The Kier molecular flexibility index (Phi) is 6.40. The standard InChI is InChI=1S/C26H26N2O4/c1-18-8-6-7-9-20(18)17-28-23-16-21(12-13-24(23)32-19(2)26(28)30)27-25(29)14-15-31-22-10-4-3-5-11-22/h3-13,16,19H,14-15,17H2,1-2H3,(H,27,29). The van der Waals surface area contributed by atoms with Crippen molar-refractivity contribution >= 4 is 23.2 Å². The van der Waals surface area contributed by atoms with Gasteiger partial charge in [-0.25, -0.2) is 0 Å².